The Morgan fingerprint density at radius 2 is 2.12 bits per heavy atom. The number of aromatic nitrogens is 4. The van der Waals surface area contributed by atoms with Crippen LogP contribution in [0.25, 0.3) is 0 Å². The Morgan fingerprint density at radius 1 is 1.35 bits per heavy atom. The predicted molar refractivity (Wildman–Crippen MR) is 64.4 cm³/mol. The summed E-state index contributed by atoms with van der Waals surface area (Å²) in [6.07, 6.45) is 6.63. The van der Waals surface area contributed by atoms with Crippen molar-refractivity contribution in [1.29, 1.82) is 0 Å². The highest BCUT2D eigenvalue weighted by Crippen LogP contribution is 2.12. The van der Waals surface area contributed by atoms with Crippen molar-refractivity contribution in [3.05, 3.63) is 29.8 Å². The molecule has 17 heavy (non-hydrogen) atoms. The Bertz CT molecular complexity index is 470. The zero-order valence-electron chi connectivity index (χ0n) is 9.30. The van der Waals surface area contributed by atoms with Gasteiger partial charge in [-0.15, -0.1) is 0 Å². The zero-order valence-corrected chi connectivity index (χ0v) is 10.1. The maximum Gasteiger partial charge on any atom is 0.227 e. The SMILES string of the molecule is COCCn1cc(Nc2ncc(Cl)cn2)cn1. The second kappa shape index (κ2) is 5.60. The van der Waals surface area contributed by atoms with Gasteiger partial charge in [0, 0.05) is 13.3 Å². The summed E-state index contributed by atoms with van der Waals surface area (Å²) in [6.45, 7) is 1.33. The van der Waals surface area contributed by atoms with Crippen molar-refractivity contribution in [2.24, 2.45) is 0 Å². The third-order valence-corrected chi connectivity index (χ3v) is 2.23. The minimum atomic E-state index is 0.487. The second-order valence-corrected chi connectivity index (χ2v) is 3.77. The number of halogens is 1. The fourth-order valence-electron chi connectivity index (χ4n) is 1.24. The molecule has 0 aliphatic carbocycles. The van der Waals surface area contributed by atoms with Crippen LogP contribution in [0.1, 0.15) is 0 Å². The number of methoxy groups -OCH3 is 1. The van der Waals surface area contributed by atoms with E-state index in [-0.39, 0.29) is 0 Å². The van der Waals surface area contributed by atoms with Crippen LogP contribution in [0.5, 0.6) is 0 Å². The van der Waals surface area contributed by atoms with E-state index < -0.39 is 0 Å². The highest BCUT2D eigenvalue weighted by atomic mass is 35.5. The van der Waals surface area contributed by atoms with E-state index in [9.17, 15) is 0 Å². The van der Waals surface area contributed by atoms with E-state index in [1.807, 2.05) is 6.20 Å². The first kappa shape index (κ1) is 11.8. The third kappa shape index (κ3) is 3.40. The largest absolute Gasteiger partial charge is 0.383 e. The number of anilines is 2. The normalized spacial score (nSPS) is 10.5. The molecule has 2 heterocycles. The molecule has 0 amide bonds. The first-order chi connectivity index (χ1) is 8.28. The number of hydrogen-bond donors (Lipinski definition) is 1. The minimum Gasteiger partial charge on any atom is -0.383 e. The standard InChI is InChI=1S/C10H12ClN5O/c1-17-3-2-16-7-9(6-14-16)15-10-12-4-8(11)5-13-10/h4-7H,2-3H2,1H3,(H,12,13,15). The summed E-state index contributed by atoms with van der Waals surface area (Å²) in [5, 5.41) is 7.69. The summed E-state index contributed by atoms with van der Waals surface area (Å²) in [7, 11) is 1.66. The first-order valence-electron chi connectivity index (χ1n) is 5.04. The summed E-state index contributed by atoms with van der Waals surface area (Å²) >= 11 is 5.69. The Labute approximate surface area is 104 Å². The molecule has 0 saturated carbocycles. The van der Waals surface area contributed by atoms with Gasteiger partial charge in [0.2, 0.25) is 5.95 Å². The number of ether oxygens (including phenoxy) is 1. The lowest BCUT2D eigenvalue weighted by Gasteiger charge is -2.00. The van der Waals surface area contributed by atoms with Crippen molar-refractivity contribution < 1.29 is 4.74 Å². The highest BCUT2D eigenvalue weighted by molar-refractivity contribution is 6.30. The van der Waals surface area contributed by atoms with Gasteiger partial charge < -0.3 is 10.1 Å². The summed E-state index contributed by atoms with van der Waals surface area (Å²) in [5.74, 6) is 0.487. The van der Waals surface area contributed by atoms with Crippen molar-refractivity contribution in [3.8, 4) is 0 Å². The smallest absolute Gasteiger partial charge is 0.227 e. The molecule has 0 aromatic carbocycles. The van der Waals surface area contributed by atoms with Gasteiger partial charge in [-0.25, -0.2) is 9.97 Å². The van der Waals surface area contributed by atoms with E-state index in [0.717, 1.165) is 5.69 Å². The molecular formula is C10H12ClN5O. The molecule has 0 bridgehead atoms. The van der Waals surface area contributed by atoms with E-state index in [0.29, 0.717) is 24.1 Å². The predicted octanol–water partition coefficient (Wildman–Crippen LogP) is 1.72. The topological polar surface area (TPSA) is 64.9 Å². The van der Waals surface area contributed by atoms with Crippen LogP contribution < -0.4 is 5.32 Å². The molecule has 0 radical (unpaired) electrons. The van der Waals surface area contributed by atoms with Crippen LogP contribution >= 0.6 is 11.6 Å². The maximum absolute atomic E-state index is 5.69. The summed E-state index contributed by atoms with van der Waals surface area (Å²) in [5.41, 5.74) is 0.823. The van der Waals surface area contributed by atoms with Crippen LogP contribution in [0.15, 0.2) is 24.8 Å². The molecule has 0 aliphatic heterocycles. The number of rotatable bonds is 5. The van der Waals surface area contributed by atoms with Crippen LogP contribution in [-0.4, -0.2) is 33.5 Å². The minimum absolute atomic E-state index is 0.487. The van der Waals surface area contributed by atoms with Gasteiger partial charge in [0.1, 0.15) is 0 Å². The molecule has 0 aliphatic rings. The fraction of sp³-hybridized carbons (Fsp3) is 0.300. The molecule has 2 aromatic heterocycles. The molecule has 90 valence electrons. The van der Waals surface area contributed by atoms with E-state index in [1.165, 1.54) is 12.4 Å². The van der Waals surface area contributed by atoms with Crippen LogP contribution in [0.4, 0.5) is 11.6 Å². The Kier molecular flexibility index (Phi) is 3.89. The van der Waals surface area contributed by atoms with Crippen LogP contribution in [-0.2, 0) is 11.3 Å². The molecule has 0 fully saturated rings. The lowest BCUT2D eigenvalue weighted by molar-refractivity contribution is 0.183. The van der Waals surface area contributed by atoms with Crippen LogP contribution in [0.2, 0.25) is 5.02 Å². The highest BCUT2D eigenvalue weighted by Gasteiger charge is 2.01. The molecule has 0 unspecified atom stereocenters. The molecule has 6 nitrogen and oxygen atoms in total. The van der Waals surface area contributed by atoms with Gasteiger partial charge >= 0.3 is 0 Å². The quantitative estimate of drug-likeness (QED) is 0.879. The maximum atomic E-state index is 5.69. The van der Waals surface area contributed by atoms with E-state index >= 15 is 0 Å². The van der Waals surface area contributed by atoms with Gasteiger partial charge in [0.25, 0.3) is 0 Å². The lowest BCUT2D eigenvalue weighted by Crippen LogP contribution is -2.04. The van der Waals surface area contributed by atoms with Crippen molar-refractivity contribution >= 4 is 23.2 Å². The number of nitrogens with one attached hydrogen (secondary N) is 1. The van der Waals surface area contributed by atoms with Gasteiger partial charge in [0.15, 0.2) is 0 Å². The van der Waals surface area contributed by atoms with E-state index in [4.69, 9.17) is 16.3 Å². The zero-order chi connectivity index (χ0) is 12.1. The van der Waals surface area contributed by atoms with Crippen molar-refractivity contribution in [2.75, 3.05) is 19.0 Å². The number of hydrogen-bond acceptors (Lipinski definition) is 5. The summed E-state index contributed by atoms with van der Waals surface area (Å²) < 4.78 is 6.75. The second-order valence-electron chi connectivity index (χ2n) is 3.33. The summed E-state index contributed by atoms with van der Waals surface area (Å²) in [4.78, 5) is 8.06. The van der Waals surface area contributed by atoms with E-state index in [1.54, 1.807) is 18.0 Å². The molecule has 0 atom stereocenters. The fourth-order valence-corrected chi connectivity index (χ4v) is 1.34. The molecule has 0 saturated heterocycles. The lowest BCUT2D eigenvalue weighted by atomic mass is 10.5. The average Bonchev–Trinajstić information content (AvgIpc) is 2.77. The molecule has 2 rings (SSSR count). The van der Waals surface area contributed by atoms with Crippen LogP contribution in [0, 0.1) is 0 Å². The molecule has 1 N–H and O–H groups in total. The van der Waals surface area contributed by atoms with Gasteiger partial charge in [-0.2, -0.15) is 5.10 Å². The Hall–Kier alpha value is -1.66. The average molecular weight is 254 g/mol. The third-order valence-electron chi connectivity index (χ3n) is 2.03. The van der Waals surface area contributed by atoms with Crippen molar-refractivity contribution in [2.45, 2.75) is 6.54 Å². The van der Waals surface area contributed by atoms with Crippen molar-refractivity contribution in [1.82, 2.24) is 19.7 Å². The van der Waals surface area contributed by atoms with Gasteiger partial charge in [-0.1, -0.05) is 11.6 Å². The van der Waals surface area contributed by atoms with Crippen LogP contribution in [0.3, 0.4) is 0 Å². The van der Waals surface area contributed by atoms with Gasteiger partial charge in [-0.05, 0) is 0 Å². The molecular weight excluding hydrogens is 242 g/mol. The Morgan fingerprint density at radius 3 is 2.82 bits per heavy atom. The summed E-state index contributed by atoms with van der Waals surface area (Å²) in [6, 6.07) is 0. The molecule has 2 aromatic rings. The molecule has 7 heteroatoms. The molecule has 0 spiro atoms. The van der Waals surface area contributed by atoms with E-state index in [2.05, 4.69) is 20.4 Å². The Balaban J connectivity index is 1.98. The first-order valence-corrected chi connectivity index (χ1v) is 5.41. The van der Waals surface area contributed by atoms with Gasteiger partial charge in [-0.3, -0.25) is 4.68 Å². The van der Waals surface area contributed by atoms with Crippen molar-refractivity contribution in [3.63, 3.8) is 0 Å². The monoisotopic (exact) mass is 253 g/mol. The number of nitrogens with zero attached hydrogens (tertiary/aromatic N) is 4. The van der Waals surface area contributed by atoms with Gasteiger partial charge in [0.05, 0.1) is 42.5 Å².